The third-order valence-electron chi connectivity index (χ3n) is 4.69. The maximum absolute atomic E-state index is 12.7. The Balaban J connectivity index is 1.58. The molecule has 0 bridgehead atoms. The van der Waals surface area contributed by atoms with E-state index in [1.54, 1.807) is 31.2 Å². The van der Waals surface area contributed by atoms with Gasteiger partial charge in [-0.2, -0.15) is 0 Å². The number of anilines is 2. The lowest BCUT2D eigenvalue weighted by molar-refractivity contribution is -0.118. The van der Waals surface area contributed by atoms with Gasteiger partial charge in [-0.15, -0.1) is 0 Å². The predicted octanol–water partition coefficient (Wildman–Crippen LogP) is 4.36. The molecule has 2 amide bonds. The number of ether oxygens (including phenoxy) is 1. The van der Waals surface area contributed by atoms with Crippen molar-refractivity contribution in [2.24, 2.45) is 0 Å². The first-order chi connectivity index (χ1) is 16.1. The van der Waals surface area contributed by atoms with Gasteiger partial charge < -0.3 is 15.4 Å². The van der Waals surface area contributed by atoms with Crippen LogP contribution in [0.25, 0.3) is 0 Å². The first-order valence-corrected chi connectivity index (χ1v) is 12.2. The molecule has 34 heavy (non-hydrogen) atoms. The zero-order chi connectivity index (χ0) is 24.7. The fourth-order valence-electron chi connectivity index (χ4n) is 3.06. The highest BCUT2D eigenvalue weighted by Crippen LogP contribution is 2.28. The summed E-state index contributed by atoms with van der Waals surface area (Å²) in [4.78, 5) is 23.2. The first kappa shape index (κ1) is 25.2. The van der Waals surface area contributed by atoms with Gasteiger partial charge in [-0.25, -0.2) is 13.1 Å². The predicted molar refractivity (Wildman–Crippen MR) is 132 cm³/mol. The molecule has 0 aromatic heterocycles. The SMILES string of the molecule is CC(=O)Nc1ccc(NC(=O)COc2ccc(S(=O)(=O)N[C@H](C)c3ccccc3)cc2Cl)cc1. The highest BCUT2D eigenvalue weighted by molar-refractivity contribution is 7.89. The van der Waals surface area contributed by atoms with Gasteiger partial charge in [0.2, 0.25) is 15.9 Å². The molecule has 0 fully saturated rings. The fraction of sp³-hybridized carbons (Fsp3) is 0.167. The van der Waals surface area contributed by atoms with Gasteiger partial charge in [0.15, 0.2) is 6.61 Å². The molecule has 3 N–H and O–H groups in total. The second-order valence-electron chi connectivity index (χ2n) is 7.44. The summed E-state index contributed by atoms with van der Waals surface area (Å²) in [6, 6.07) is 19.4. The smallest absolute Gasteiger partial charge is 0.262 e. The van der Waals surface area contributed by atoms with Crippen molar-refractivity contribution in [3.63, 3.8) is 0 Å². The Hall–Kier alpha value is -3.40. The van der Waals surface area contributed by atoms with Crippen molar-refractivity contribution >= 4 is 44.8 Å². The van der Waals surface area contributed by atoms with Gasteiger partial charge in [-0.3, -0.25) is 9.59 Å². The van der Waals surface area contributed by atoms with E-state index in [9.17, 15) is 18.0 Å². The van der Waals surface area contributed by atoms with Gasteiger partial charge in [0.05, 0.1) is 9.92 Å². The number of benzene rings is 3. The molecule has 0 saturated carbocycles. The summed E-state index contributed by atoms with van der Waals surface area (Å²) in [5.41, 5.74) is 1.96. The molecule has 0 aliphatic carbocycles. The van der Waals surface area contributed by atoms with E-state index >= 15 is 0 Å². The molecule has 8 nitrogen and oxygen atoms in total. The van der Waals surface area contributed by atoms with Crippen LogP contribution in [0.4, 0.5) is 11.4 Å². The molecule has 1 atom stereocenters. The van der Waals surface area contributed by atoms with Gasteiger partial charge in [0, 0.05) is 24.3 Å². The Kier molecular flexibility index (Phi) is 8.27. The van der Waals surface area contributed by atoms with Crippen molar-refractivity contribution in [2.45, 2.75) is 24.8 Å². The molecule has 3 aromatic carbocycles. The topological polar surface area (TPSA) is 114 Å². The van der Waals surface area contributed by atoms with Crippen molar-refractivity contribution in [1.82, 2.24) is 4.72 Å². The molecule has 0 spiro atoms. The Morgan fingerprint density at radius 1 is 0.941 bits per heavy atom. The van der Waals surface area contributed by atoms with Crippen molar-refractivity contribution < 1.29 is 22.7 Å². The van der Waals surface area contributed by atoms with E-state index in [0.29, 0.717) is 11.4 Å². The number of rotatable bonds is 9. The van der Waals surface area contributed by atoms with Gasteiger partial charge in [0.25, 0.3) is 5.91 Å². The lowest BCUT2D eigenvalue weighted by atomic mass is 10.1. The Labute approximate surface area is 203 Å². The minimum atomic E-state index is -3.83. The lowest BCUT2D eigenvalue weighted by Gasteiger charge is -2.15. The minimum Gasteiger partial charge on any atom is -0.482 e. The third-order valence-corrected chi connectivity index (χ3v) is 6.53. The summed E-state index contributed by atoms with van der Waals surface area (Å²) in [5.74, 6) is -0.450. The number of hydrogen-bond donors (Lipinski definition) is 3. The van der Waals surface area contributed by atoms with Crippen LogP contribution < -0.4 is 20.1 Å². The summed E-state index contributed by atoms with van der Waals surface area (Å²) in [5, 5.41) is 5.35. The second kappa shape index (κ2) is 11.1. The molecule has 0 heterocycles. The summed E-state index contributed by atoms with van der Waals surface area (Å²) in [6.45, 7) is 2.82. The van der Waals surface area contributed by atoms with Crippen LogP contribution >= 0.6 is 11.6 Å². The van der Waals surface area contributed by atoms with E-state index in [2.05, 4.69) is 15.4 Å². The quantitative estimate of drug-likeness (QED) is 0.403. The lowest BCUT2D eigenvalue weighted by Crippen LogP contribution is -2.27. The van der Waals surface area contributed by atoms with Crippen LogP contribution in [-0.2, 0) is 19.6 Å². The van der Waals surface area contributed by atoms with E-state index in [0.717, 1.165) is 5.56 Å². The fourth-order valence-corrected chi connectivity index (χ4v) is 4.61. The number of carbonyl (C=O) groups is 2. The Morgan fingerprint density at radius 3 is 2.15 bits per heavy atom. The highest BCUT2D eigenvalue weighted by Gasteiger charge is 2.20. The van der Waals surface area contributed by atoms with Gasteiger partial charge in [-0.05, 0) is 55.0 Å². The highest BCUT2D eigenvalue weighted by atomic mass is 35.5. The Bertz CT molecular complexity index is 1270. The van der Waals surface area contributed by atoms with E-state index in [1.165, 1.54) is 25.1 Å². The van der Waals surface area contributed by atoms with Crippen LogP contribution in [-0.4, -0.2) is 26.8 Å². The second-order valence-corrected chi connectivity index (χ2v) is 9.56. The molecule has 0 unspecified atom stereocenters. The van der Waals surface area contributed by atoms with Crippen molar-refractivity contribution in [2.75, 3.05) is 17.2 Å². The van der Waals surface area contributed by atoms with Crippen LogP contribution in [0, 0.1) is 0 Å². The molecule has 3 aromatic rings. The minimum absolute atomic E-state index is 0.0173. The van der Waals surface area contributed by atoms with E-state index in [4.69, 9.17) is 16.3 Å². The van der Waals surface area contributed by atoms with Crippen LogP contribution in [0.3, 0.4) is 0 Å². The van der Waals surface area contributed by atoms with Crippen LogP contribution in [0.2, 0.25) is 5.02 Å². The van der Waals surface area contributed by atoms with Gasteiger partial charge in [-0.1, -0.05) is 41.9 Å². The standard InChI is InChI=1S/C24H24ClN3O5S/c1-16(18-6-4-3-5-7-18)28-34(31,32)21-12-13-23(22(25)14-21)33-15-24(30)27-20-10-8-19(9-11-20)26-17(2)29/h3-14,16,28H,15H2,1-2H3,(H,26,29)(H,27,30)/t16-/m1/s1. The summed E-state index contributed by atoms with van der Waals surface area (Å²) in [6.07, 6.45) is 0. The average Bonchev–Trinajstić information content (AvgIpc) is 2.79. The monoisotopic (exact) mass is 501 g/mol. The molecule has 0 radical (unpaired) electrons. The normalized spacial score (nSPS) is 12.0. The summed E-state index contributed by atoms with van der Waals surface area (Å²) in [7, 11) is -3.83. The zero-order valence-electron chi connectivity index (χ0n) is 18.5. The van der Waals surface area contributed by atoms with Crippen LogP contribution in [0.1, 0.15) is 25.5 Å². The molecular formula is C24H24ClN3O5S. The van der Waals surface area contributed by atoms with Crippen LogP contribution in [0.15, 0.2) is 77.7 Å². The van der Waals surface area contributed by atoms with E-state index in [1.807, 2.05) is 30.3 Å². The molecule has 0 saturated heterocycles. The number of amides is 2. The number of halogens is 1. The average molecular weight is 502 g/mol. The van der Waals surface area contributed by atoms with Crippen molar-refractivity contribution in [1.29, 1.82) is 0 Å². The molecular weight excluding hydrogens is 478 g/mol. The molecule has 3 rings (SSSR count). The summed E-state index contributed by atoms with van der Waals surface area (Å²) < 4.78 is 33.5. The maximum Gasteiger partial charge on any atom is 0.262 e. The maximum atomic E-state index is 12.7. The summed E-state index contributed by atoms with van der Waals surface area (Å²) >= 11 is 6.21. The number of carbonyl (C=O) groups excluding carboxylic acids is 2. The zero-order valence-corrected chi connectivity index (χ0v) is 20.1. The first-order valence-electron chi connectivity index (χ1n) is 10.3. The number of sulfonamides is 1. The van der Waals surface area contributed by atoms with Gasteiger partial charge >= 0.3 is 0 Å². The number of nitrogens with one attached hydrogen (secondary N) is 3. The van der Waals surface area contributed by atoms with E-state index in [-0.39, 0.29) is 28.2 Å². The molecule has 10 heteroatoms. The van der Waals surface area contributed by atoms with Crippen LogP contribution in [0.5, 0.6) is 5.75 Å². The van der Waals surface area contributed by atoms with E-state index < -0.39 is 22.0 Å². The third kappa shape index (κ3) is 7.05. The Morgan fingerprint density at radius 2 is 1.56 bits per heavy atom. The number of hydrogen-bond acceptors (Lipinski definition) is 5. The molecule has 0 aliphatic rings. The van der Waals surface area contributed by atoms with Crippen molar-refractivity contribution in [3.05, 3.63) is 83.4 Å². The van der Waals surface area contributed by atoms with Gasteiger partial charge in [0.1, 0.15) is 5.75 Å². The molecule has 0 aliphatic heterocycles. The largest absolute Gasteiger partial charge is 0.482 e. The van der Waals surface area contributed by atoms with Crippen molar-refractivity contribution in [3.8, 4) is 5.75 Å². The molecule has 178 valence electrons.